The summed E-state index contributed by atoms with van der Waals surface area (Å²) in [4.78, 5) is 35.0. The van der Waals surface area contributed by atoms with E-state index in [1.54, 1.807) is 36.3 Å². The van der Waals surface area contributed by atoms with Gasteiger partial charge in [0, 0.05) is 36.1 Å². The van der Waals surface area contributed by atoms with Gasteiger partial charge in [0.05, 0.1) is 12.8 Å². The van der Waals surface area contributed by atoms with Gasteiger partial charge in [-0.1, -0.05) is 47.5 Å². The molecule has 0 aliphatic carbocycles. The molecule has 4 rings (SSSR count). The molecule has 1 heterocycles. The molecule has 4 aromatic rings. The maximum absolute atomic E-state index is 13.3. The highest BCUT2D eigenvalue weighted by molar-refractivity contribution is 5.99. The van der Waals surface area contributed by atoms with E-state index in [9.17, 15) is 9.59 Å². The summed E-state index contributed by atoms with van der Waals surface area (Å²) in [5.74, 6) is 0.502. The number of carbonyl (C=O) groups excluding carboxylic acids is 2. The summed E-state index contributed by atoms with van der Waals surface area (Å²) in [6, 6.07) is 23.0. The van der Waals surface area contributed by atoms with Crippen molar-refractivity contribution in [1.29, 1.82) is 0 Å². The summed E-state index contributed by atoms with van der Waals surface area (Å²) >= 11 is 0. The first-order valence-corrected chi connectivity index (χ1v) is 12.8. The molecule has 202 valence electrons. The van der Waals surface area contributed by atoms with Gasteiger partial charge in [0.1, 0.15) is 12.3 Å². The Labute approximate surface area is 229 Å². The molecular formula is C31H35N5O3. The number of benzene rings is 3. The van der Waals surface area contributed by atoms with Crippen molar-refractivity contribution in [2.45, 2.75) is 13.8 Å². The Morgan fingerprint density at radius 1 is 0.872 bits per heavy atom. The van der Waals surface area contributed by atoms with Gasteiger partial charge in [0.2, 0.25) is 11.9 Å². The van der Waals surface area contributed by atoms with Gasteiger partial charge in [-0.05, 0) is 64.3 Å². The topological polar surface area (TPSA) is 79.7 Å². The van der Waals surface area contributed by atoms with Crippen LogP contribution in [0, 0.1) is 13.8 Å². The van der Waals surface area contributed by atoms with E-state index in [1.165, 1.54) is 0 Å². The second kappa shape index (κ2) is 12.4. The third-order valence-electron chi connectivity index (χ3n) is 6.39. The monoisotopic (exact) mass is 525 g/mol. The number of carbonyl (C=O) groups is 2. The van der Waals surface area contributed by atoms with Crippen LogP contribution >= 0.6 is 0 Å². The number of aryl methyl sites for hydroxylation is 2. The van der Waals surface area contributed by atoms with Gasteiger partial charge in [-0.2, -0.15) is 0 Å². The Balaban J connectivity index is 1.60. The number of nitrogens with one attached hydrogen (secondary N) is 1. The van der Waals surface area contributed by atoms with E-state index in [2.05, 4.69) is 5.32 Å². The number of methoxy groups -OCH3 is 1. The van der Waals surface area contributed by atoms with E-state index in [-0.39, 0.29) is 18.4 Å². The highest BCUT2D eigenvalue weighted by atomic mass is 16.5. The van der Waals surface area contributed by atoms with Crippen molar-refractivity contribution < 1.29 is 14.3 Å². The van der Waals surface area contributed by atoms with E-state index in [1.807, 2.05) is 92.1 Å². The van der Waals surface area contributed by atoms with Crippen LogP contribution < -0.4 is 10.1 Å². The summed E-state index contributed by atoms with van der Waals surface area (Å²) in [5.41, 5.74) is 5.35. The number of anilines is 1. The third kappa shape index (κ3) is 7.12. The summed E-state index contributed by atoms with van der Waals surface area (Å²) in [5, 5.41) is 2.95. The number of nitrogens with zero attached hydrogens (tertiary/aromatic N) is 4. The first kappa shape index (κ1) is 27.6. The molecule has 0 spiro atoms. The molecule has 0 radical (unpaired) electrons. The van der Waals surface area contributed by atoms with Crippen LogP contribution in [0.2, 0.25) is 0 Å². The van der Waals surface area contributed by atoms with Crippen molar-refractivity contribution in [1.82, 2.24) is 19.4 Å². The highest BCUT2D eigenvalue weighted by Gasteiger charge is 2.21. The number of hydrogen-bond donors (Lipinski definition) is 1. The average Bonchev–Trinajstić information content (AvgIpc) is 3.34. The summed E-state index contributed by atoms with van der Waals surface area (Å²) in [7, 11) is 5.44. The third-order valence-corrected chi connectivity index (χ3v) is 6.39. The molecule has 3 aromatic carbocycles. The lowest BCUT2D eigenvalue weighted by Crippen LogP contribution is -2.41. The van der Waals surface area contributed by atoms with Gasteiger partial charge in [-0.15, -0.1) is 0 Å². The molecule has 0 saturated heterocycles. The maximum atomic E-state index is 13.3. The van der Waals surface area contributed by atoms with E-state index in [4.69, 9.17) is 9.72 Å². The Kier molecular flexibility index (Phi) is 8.78. The van der Waals surface area contributed by atoms with E-state index < -0.39 is 0 Å². The van der Waals surface area contributed by atoms with Crippen LogP contribution in [0.1, 0.15) is 21.5 Å². The van der Waals surface area contributed by atoms with Crippen molar-refractivity contribution in [3.05, 3.63) is 95.7 Å². The maximum Gasteiger partial charge on any atom is 0.254 e. The standard InChI is InChI=1S/C31H35N5O3/c1-22-6-10-24(11-7-22)28-20-36(26-14-8-23(2)9-15-26)31(32-28)33-29(37)21-35(19-18-34(3)4)30(38)25-12-16-27(39-5)17-13-25/h6-17,20H,18-19,21H2,1-5H3,(H,32,33,37). The molecule has 2 amide bonds. The van der Waals surface area contributed by atoms with Gasteiger partial charge in [0.25, 0.3) is 5.91 Å². The second-order valence-electron chi connectivity index (χ2n) is 9.83. The van der Waals surface area contributed by atoms with Crippen LogP contribution in [0.3, 0.4) is 0 Å². The first-order chi connectivity index (χ1) is 18.7. The lowest BCUT2D eigenvalue weighted by atomic mass is 10.1. The Bertz CT molecular complexity index is 1410. The number of hydrogen-bond acceptors (Lipinski definition) is 5. The highest BCUT2D eigenvalue weighted by Crippen LogP contribution is 2.25. The van der Waals surface area contributed by atoms with E-state index in [0.717, 1.165) is 28.1 Å². The predicted octanol–water partition coefficient (Wildman–Crippen LogP) is 4.81. The lowest BCUT2D eigenvalue weighted by molar-refractivity contribution is -0.117. The summed E-state index contributed by atoms with van der Waals surface area (Å²) in [6.45, 7) is 4.96. The van der Waals surface area contributed by atoms with Crippen LogP contribution in [-0.2, 0) is 4.79 Å². The van der Waals surface area contributed by atoms with Crippen LogP contribution in [0.15, 0.2) is 79.0 Å². The van der Waals surface area contributed by atoms with Gasteiger partial charge >= 0.3 is 0 Å². The van der Waals surface area contributed by atoms with Gasteiger partial charge < -0.3 is 14.5 Å². The van der Waals surface area contributed by atoms with Crippen molar-refractivity contribution in [3.8, 4) is 22.7 Å². The fourth-order valence-electron chi connectivity index (χ4n) is 4.06. The zero-order valence-corrected chi connectivity index (χ0v) is 23.1. The number of amides is 2. The van der Waals surface area contributed by atoms with Crippen LogP contribution in [-0.4, -0.2) is 72.0 Å². The van der Waals surface area contributed by atoms with Gasteiger partial charge in [-0.3, -0.25) is 19.5 Å². The summed E-state index contributed by atoms with van der Waals surface area (Å²) in [6.07, 6.45) is 1.91. The van der Waals surface area contributed by atoms with Crippen LogP contribution in [0.5, 0.6) is 5.75 Å². The molecule has 8 nitrogen and oxygen atoms in total. The van der Waals surface area contributed by atoms with E-state index >= 15 is 0 Å². The summed E-state index contributed by atoms with van der Waals surface area (Å²) < 4.78 is 7.07. The van der Waals surface area contributed by atoms with Crippen molar-refractivity contribution in [2.24, 2.45) is 0 Å². The Morgan fingerprint density at radius 3 is 2.08 bits per heavy atom. The molecule has 0 unspecified atom stereocenters. The minimum atomic E-state index is -0.329. The lowest BCUT2D eigenvalue weighted by Gasteiger charge is -2.24. The van der Waals surface area contributed by atoms with E-state index in [0.29, 0.717) is 30.4 Å². The van der Waals surface area contributed by atoms with Crippen molar-refractivity contribution in [3.63, 3.8) is 0 Å². The average molecular weight is 526 g/mol. The van der Waals surface area contributed by atoms with Gasteiger partial charge in [0.15, 0.2) is 0 Å². The SMILES string of the molecule is COc1ccc(C(=O)N(CCN(C)C)CC(=O)Nc2nc(-c3ccc(C)cc3)cn2-c2ccc(C)cc2)cc1. The Hall–Kier alpha value is -4.43. The first-order valence-electron chi connectivity index (χ1n) is 12.8. The van der Waals surface area contributed by atoms with Crippen LogP contribution in [0.25, 0.3) is 16.9 Å². The van der Waals surface area contributed by atoms with Gasteiger partial charge in [-0.25, -0.2) is 4.98 Å². The molecule has 0 aliphatic heterocycles. The number of rotatable bonds is 10. The number of likely N-dealkylation sites (N-methyl/N-ethyl adjacent to an activating group) is 1. The normalized spacial score (nSPS) is 10.9. The molecule has 0 atom stereocenters. The minimum Gasteiger partial charge on any atom is -0.497 e. The molecule has 1 aromatic heterocycles. The molecule has 8 heteroatoms. The number of aromatic nitrogens is 2. The largest absolute Gasteiger partial charge is 0.497 e. The molecule has 1 N–H and O–H groups in total. The molecule has 39 heavy (non-hydrogen) atoms. The predicted molar refractivity (Wildman–Crippen MR) is 155 cm³/mol. The number of imidazole rings is 1. The molecular weight excluding hydrogens is 490 g/mol. The van der Waals surface area contributed by atoms with Crippen molar-refractivity contribution >= 4 is 17.8 Å². The minimum absolute atomic E-state index is 0.112. The van der Waals surface area contributed by atoms with Crippen LogP contribution in [0.4, 0.5) is 5.95 Å². The zero-order chi connectivity index (χ0) is 27.9. The molecule has 0 aliphatic rings. The second-order valence-corrected chi connectivity index (χ2v) is 9.83. The molecule has 0 fully saturated rings. The quantitative estimate of drug-likeness (QED) is 0.322. The smallest absolute Gasteiger partial charge is 0.254 e. The molecule has 0 bridgehead atoms. The van der Waals surface area contributed by atoms with Crippen molar-refractivity contribution in [2.75, 3.05) is 46.2 Å². The number of ether oxygens (including phenoxy) is 1. The Morgan fingerprint density at radius 2 is 1.49 bits per heavy atom. The fourth-order valence-corrected chi connectivity index (χ4v) is 4.06. The fraction of sp³-hybridized carbons (Fsp3) is 0.258. The molecule has 0 saturated carbocycles. The zero-order valence-electron chi connectivity index (χ0n) is 23.1.